The first-order chi connectivity index (χ1) is 11.8. The van der Waals surface area contributed by atoms with Crippen LogP contribution < -0.4 is 0 Å². The summed E-state index contributed by atoms with van der Waals surface area (Å²) in [4.78, 5) is 0. The first-order valence-electron chi connectivity index (χ1n) is 8.81. The molecule has 0 N–H and O–H groups in total. The third-order valence-electron chi connectivity index (χ3n) is 4.71. The van der Waals surface area contributed by atoms with E-state index in [-0.39, 0.29) is 24.4 Å². The van der Waals surface area contributed by atoms with Gasteiger partial charge in [-0.1, -0.05) is 30.3 Å². The van der Waals surface area contributed by atoms with Crippen LogP contribution in [0.15, 0.2) is 30.3 Å². The van der Waals surface area contributed by atoms with Crippen LogP contribution in [0.5, 0.6) is 0 Å². The maximum Gasteiger partial charge on any atom is 0.190 e. The molecule has 5 atom stereocenters. The SMILES string of the molecule is CC1(C)O[C@H]2O[C@@H]([C@H]3COC(C)(C)O3)[C@@H](OCc3ccccc3)[C@H]2O1. The lowest BCUT2D eigenvalue weighted by Gasteiger charge is -2.29. The third-order valence-corrected chi connectivity index (χ3v) is 4.71. The third kappa shape index (κ3) is 3.60. The minimum absolute atomic E-state index is 0.211. The second-order valence-electron chi connectivity index (χ2n) is 7.70. The van der Waals surface area contributed by atoms with Gasteiger partial charge in [0.25, 0.3) is 0 Å². The molecular formula is C19H26O6. The second-order valence-corrected chi connectivity index (χ2v) is 7.70. The van der Waals surface area contributed by atoms with Crippen molar-refractivity contribution in [2.24, 2.45) is 0 Å². The van der Waals surface area contributed by atoms with E-state index in [1.54, 1.807) is 0 Å². The van der Waals surface area contributed by atoms with Gasteiger partial charge in [0.1, 0.15) is 24.4 Å². The molecule has 0 spiro atoms. The van der Waals surface area contributed by atoms with Gasteiger partial charge in [-0.05, 0) is 33.3 Å². The zero-order chi connectivity index (χ0) is 17.7. The smallest absolute Gasteiger partial charge is 0.190 e. The summed E-state index contributed by atoms with van der Waals surface area (Å²) in [6.45, 7) is 8.52. The van der Waals surface area contributed by atoms with Gasteiger partial charge in [-0.25, -0.2) is 0 Å². The molecule has 3 aliphatic rings. The lowest BCUT2D eigenvalue weighted by atomic mass is 10.1. The van der Waals surface area contributed by atoms with Crippen LogP contribution in [0.1, 0.15) is 33.3 Å². The molecule has 0 bridgehead atoms. The van der Waals surface area contributed by atoms with Crippen molar-refractivity contribution in [2.45, 2.75) is 76.6 Å². The minimum atomic E-state index is -0.680. The van der Waals surface area contributed by atoms with Crippen molar-refractivity contribution < 1.29 is 28.4 Å². The summed E-state index contributed by atoms with van der Waals surface area (Å²) in [6, 6.07) is 10.1. The van der Waals surface area contributed by atoms with Crippen molar-refractivity contribution in [3.05, 3.63) is 35.9 Å². The van der Waals surface area contributed by atoms with Crippen molar-refractivity contribution in [1.29, 1.82) is 0 Å². The van der Waals surface area contributed by atoms with E-state index < -0.39 is 17.9 Å². The average molecular weight is 350 g/mol. The molecule has 0 unspecified atom stereocenters. The highest BCUT2D eigenvalue weighted by molar-refractivity contribution is 5.13. The van der Waals surface area contributed by atoms with Gasteiger partial charge in [0.15, 0.2) is 17.9 Å². The Kier molecular flexibility index (Phi) is 4.38. The summed E-state index contributed by atoms with van der Waals surface area (Å²) in [5, 5.41) is 0. The van der Waals surface area contributed by atoms with Crippen LogP contribution in [0, 0.1) is 0 Å². The zero-order valence-corrected chi connectivity index (χ0v) is 15.1. The fourth-order valence-corrected chi connectivity index (χ4v) is 3.64. The van der Waals surface area contributed by atoms with Crippen LogP contribution in [-0.2, 0) is 35.0 Å². The molecule has 3 fully saturated rings. The van der Waals surface area contributed by atoms with Gasteiger partial charge in [0, 0.05) is 0 Å². The van der Waals surface area contributed by atoms with Crippen molar-refractivity contribution in [2.75, 3.05) is 6.61 Å². The number of fused-ring (bicyclic) bond motifs is 1. The maximum absolute atomic E-state index is 6.22. The Balaban J connectivity index is 1.50. The molecule has 1 aromatic carbocycles. The van der Waals surface area contributed by atoms with Crippen molar-refractivity contribution in [3.8, 4) is 0 Å². The molecule has 0 aromatic heterocycles. The molecule has 0 aliphatic carbocycles. The first kappa shape index (κ1) is 17.4. The summed E-state index contributed by atoms with van der Waals surface area (Å²) in [5.74, 6) is -1.29. The number of hydrogen-bond acceptors (Lipinski definition) is 6. The van der Waals surface area contributed by atoms with Gasteiger partial charge in [0.05, 0.1) is 13.2 Å². The Bertz CT molecular complexity index is 601. The molecule has 138 valence electrons. The molecule has 3 saturated heterocycles. The molecule has 0 saturated carbocycles. The van der Waals surface area contributed by atoms with Crippen LogP contribution in [0.4, 0.5) is 0 Å². The number of benzene rings is 1. The molecule has 1 aromatic rings. The van der Waals surface area contributed by atoms with Crippen LogP contribution in [-0.4, -0.2) is 48.9 Å². The molecule has 25 heavy (non-hydrogen) atoms. The van der Waals surface area contributed by atoms with Crippen LogP contribution in [0.25, 0.3) is 0 Å². The average Bonchev–Trinajstić information content (AvgIpc) is 3.15. The Morgan fingerprint density at radius 3 is 2.40 bits per heavy atom. The lowest BCUT2D eigenvalue weighted by molar-refractivity contribution is -0.236. The van der Waals surface area contributed by atoms with Gasteiger partial charge in [-0.15, -0.1) is 0 Å². The quantitative estimate of drug-likeness (QED) is 0.832. The molecule has 0 radical (unpaired) electrons. The highest BCUT2D eigenvalue weighted by Crippen LogP contribution is 2.42. The molecule has 0 amide bonds. The van der Waals surface area contributed by atoms with Gasteiger partial charge in [-0.3, -0.25) is 0 Å². The van der Waals surface area contributed by atoms with Crippen molar-refractivity contribution >= 4 is 0 Å². The first-order valence-corrected chi connectivity index (χ1v) is 8.81. The topological polar surface area (TPSA) is 55.4 Å². The van der Waals surface area contributed by atoms with Gasteiger partial charge >= 0.3 is 0 Å². The van der Waals surface area contributed by atoms with Crippen LogP contribution >= 0.6 is 0 Å². The van der Waals surface area contributed by atoms with E-state index in [9.17, 15) is 0 Å². The zero-order valence-electron chi connectivity index (χ0n) is 15.1. The van der Waals surface area contributed by atoms with Gasteiger partial charge in [0.2, 0.25) is 0 Å². The van der Waals surface area contributed by atoms with Crippen LogP contribution in [0.2, 0.25) is 0 Å². The minimum Gasteiger partial charge on any atom is -0.368 e. The Hall–Kier alpha value is -1.02. The largest absolute Gasteiger partial charge is 0.368 e. The molecular weight excluding hydrogens is 324 g/mol. The number of rotatable bonds is 4. The fourth-order valence-electron chi connectivity index (χ4n) is 3.64. The van der Waals surface area contributed by atoms with Crippen molar-refractivity contribution in [3.63, 3.8) is 0 Å². The molecule has 4 rings (SSSR count). The summed E-state index contributed by atoms with van der Waals surface area (Å²) < 4.78 is 36.0. The molecule has 3 heterocycles. The van der Waals surface area contributed by atoms with E-state index in [1.807, 2.05) is 58.0 Å². The van der Waals surface area contributed by atoms with E-state index in [1.165, 1.54) is 0 Å². The number of ether oxygens (including phenoxy) is 6. The predicted octanol–water partition coefficient (Wildman–Crippen LogP) is 2.60. The highest BCUT2D eigenvalue weighted by Gasteiger charge is 2.58. The summed E-state index contributed by atoms with van der Waals surface area (Å²) in [6.07, 6.45) is -1.52. The number of hydrogen-bond donors (Lipinski definition) is 0. The molecule has 3 aliphatic heterocycles. The Labute approximate surface area is 148 Å². The van der Waals surface area contributed by atoms with Gasteiger partial charge < -0.3 is 28.4 Å². The fraction of sp³-hybridized carbons (Fsp3) is 0.684. The second kappa shape index (κ2) is 6.30. The highest BCUT2D eigenvalue weighted by atomic mass is 16.8. The predicted molar refractivity (Wildman–Crippen MR) is 88.6 cm³/mol. The van der Waals surface area contributed by atoms with Gasteiger partial charge in [-0.2, -0.15) is 0 Å². The lowest BCUT2D eigenvalue weighted by Crippen LogP contribution is -2.44. The van der Waals surface area contributed by atoms with E-state index >= 15 is 0 Å². The normalized spacial score (nSPS) is 38.8. The van der Waals surface area contributed by atoms with E-state index in [0.29, 0.717) is 13.2 Å². The van der Waals surface area contributed by atoms with Crippen molar-refractivity contribution in [1.82, 2.24) is 0 Å². The summed E-state index contributed by atoms with van der Waals surface area (Å²) in [7, 11) is 0. The van der Waals surface area contributed by atoms with Crippen LogP contribution in [0.3, 0.4) is 0 Å². The molecule has 6 heteroatoms. The van der Waals surface area contributed by atoms with E-state index in [2.05, 4.69) is 0 Å². The summed E-state index contributed by atoms with van der Waals surface area (Å²) >= 11 is 0. The molecule has 6 nitrogen and oxygen atoms in total. The maximum atomic E-state index is 6.22. The Morgan fingerprint density at radius 2 is 1.72 bits per heavy atom. The monoisotopic (exact) mass is 350 g/mol. The summed E-state index contributed by atoms with van der Waals surface area (Å²) in [5.41, 5.74) is 1.10. The van der Waals surface area contributed by atoms with E-state index in [4.69, 9.17) is 28.4 Å². The Morgan fingerprint density at radius 1 is 0.960 bits per heavy atom. The van der Waals surface area contributed by atoms with E-state index in [0.717, 1.165) is 5.56 Å². The standard InChI is InChI=1S/C19H26O6/c1-18(2)21-11-13(23-18)14-15(20-10-12-8-6-5-7-9-12)16-17(22-14)25-19(3,4)24-16/h5-9,13-17H,10-11H2,1-4H3/t13-,14+,15-,16-,17-/m1/s1.